The Labute approximate surface area is 142 Å². The fourth-order valence-electron chi connectivity index (χ4n) is 3.61. The van der Waals surface area contributed by atoms with Crippen LogP contribution in [0.25, 0.3) is 10.9 Å². The highest BCUT2D eigenvalue weighted by atomic mass is 19.4. The number of nitrogens with one attached hydrogen (secondary N) is 3. The summed E-state index contributed by atoms with van der Waals surface area (Å²) in [6.45, 7) is 0.875. The van der Waals surface area contributed by atoms with Gasteiger partial charge in [0.2, 0.25) is 0 Å². The second-order valence-electron chi connectivity index (χ2n) is 6.24. The summed E-state index contributed by atoms with van der Waals surface area (Å²) in [6, 6.07) is 4.26. The van der Waals surface area contributed by atoms with Crippen molar-refractivity contribution < 1.29 is 22.7 Å². The van der Waals surface area contributed by atoms with Gasteiger partial charge in [-0.15, -0.1) is 13.2 Å². The molecule has 6 nitrogen and oxygen atoms in total. The highest BCUT2D eigenvalue weighted by Crippen LogP contribution is 2.32. The molecule has 2 aromatic rings. The van der Waals surface area contributed by atoms with Gasteiger partial charge in [-0.25, -0.2) is 0 Å². The molecule has 136 valence electrons. The van der Waals surface area contributed by atoms with E-state index in [0.29, 0.717) is 22.9 Å². The number of carbonyl (C=O) groups is 1. The van der Waals surface area contributed by atoms with E-state index >= 15 is 0 Å². The van der Waals surface area contributed by atoms with E-state index in [2.05, 4.69) is 25.6 Å². The van der Waals surface area contributed by atoms with Crippen molar-refractivity contribution in [2.24, 2.45) is 5.92 Å². The summed E-state index contributed by atoms with van der Waals surface area (Å²) < 4.78 is 41.0. The molecule has 1 aliphatic carbocycles. The fourth-order valence-corrected chi connectivity index (χ4v) is 3.61. The molecule has 2 aliphatic rings. The van der Waals surface area contributed by atoms with E-state index in [1.807, 2.05) is 0 Å². The highest BCUT2D eigenvalue weighted by Gasteiger charge is 2.40. The third kappa shape index (κ3) is 3.41. The Hall–Kier alpha value is -2.29. The van der Waals surface area contributed by atoms with Crippen molar-refractivity contribution in [1.82, 2.24) is 20.8 Å². The predicted octanol–water partition coefficient (Wildman–Crippen LogP) is 2.58. The zero-order chi connectivity index (χ0) is 16.9. The van der Waals surface area contributed by atoms with E-state index in [-0.39, 0.29) is 30.8 Å². The topological polar surface area (TPSA) is 79.0 Å². The third-order valence-corrected chi connectivity index (χ3v) is 4.66. The van der Waals surface area contributed by atoms with Gasteiger partial charge in [-0.2, -0.15) is 5.10 Å². The van der Waals surface area contributed by atoms with E-state index in [9.17, 15) is 18.0 Å². The fraction of sp³-hybridized carbons (Fsp3) is 0.500. The molecule has 3 atom stereocenters. The molecule has 1 amide bonds. The summed E-state index contributed by atoms with van der Waals surface area (Å²) in [5.41, 5.74) is 0.553. The number of hydrogen-bond acceptors (Lipinski definition) is 4. The van der Waals surface area contributed by atoms with Gasteiger partial charge in [0.1, 0.15) is 5.75 Å². The number of benzene rings is 1. The maximum Gasteiger partial charge on any atom is 0.573 e. The summed E-state index contributed by atoms with van der Waals surface area (Å²) >= 11 is 0. The van der Waals surface area contributed by atoms with Crippen LogP contribution in [0.2, 0.25) is 0 Å². The standard InChI is InChI=1S/C15H15F3N4O2.CH4/c16-15(17,18)24-9-1-2-11-10(5-9)13(22-21-11)14(23)20-12-4-8-3-7(12)6-19-8;/h1-2,5,7-8,12,19H,3-4,6H2,(H,20,23)(H,21,22);1H4/t7-,8-,12-;/m0./s1. The number of ether oxygens (including phenoxy) is 1. The minimum absolute atomic E-state index is 0. The number of hydrogen-bond donors (Lipinski definition) is 3. The number of halogens is 3. The smallest absolute Gasteiger partial charge is 0.406 e. The van der Waals surface area contributed by atoms with Crippen molar-refractivity contribution in [3.8, 4) is 5.75 Å². The van der Waals surface area contributed by atoms with Gasteiger partial charge in [-0.1, -0.05) is 7.43 Å². The average Bonchev–Trinajstić information content (AvgIpc) is 3.19. The largest absolute Gasteiger partial charge is 0.573 e. The van der Waals surface area contributed by atoms with Crippen LogP contribution in [0.4, 0.5) is 13.2 Å². The van der Waals surface area contributed by atoms with E-state index in [1.54, 1.807) is 0 Å². The molecule has 2 heterocycles. The molecule has 0 radical (unpaired) electrons. The molecule has 0 unspecified atom stereocenters. The number of piperidine rings is 1. The predicted molar refractivity (Wildman–Crippen MR) is 85.3 cm³/mol. The summed E-state index contributed by atoms with van der Waals surface area (Å²) in [5, 5.41) is 13.2. The minimum Gasteiger partial charge on any atom is -0.406 e. The van der Waals surface area contributed by atoms with E-state index in [0.717, 1.165) is 19.4 Å². The number of fused-ring (bicyclic) bond motifs is 3. The first-order valence-electron chi connectivity index (χ1n) is 7.67. The molecule has 25 heavy (non-hydrogen) atoms. The van der Waals surface area contributed by atoms with Crippen molar-refractivity contribution in [3.63, 3.8) is 0 Å². The molecule has 1 saturated carbocycles. The Morgan fingerprint density at radius 2 is 2.12 bits per heavy atom. The first-order valence-corrected chi connectivity index (χ1v) is 7.67. The van der Waals surface area contributed by atoms with Crippen molar-refractivity contribution in [1.29, 1.82) is 0 Å². The lowest BCUT2D eigenvalue weighted by molar-refractivity contribution is -0.274. The van der Waals surface area contributed by atoms with E-state index in [4.69, 9.17) is 0 Å². The quantitative estimate of drug-likeness (QED) is 0.790. The molecule has 2 fully saturated rings. The van der Waals surface area contributed by atoms with Gasteiger partial charge in [0.15, 0.2) is 5.69 Å². The summed E-state index contributed by atoms with van der Waals surface area (Å²) in [6.07, 6.45) is -2.88. The van der Waals surface area contributed by atoms with Gasteiger partial charge < -0.3 is 15.4 Å². The molecule has 1 aromatic carbocycles. The molecule has 3 N–H and O–H groups in total. The number of amides is 1. The Morgan fingerprint density at radius 1 is 1.32 bits per heavy atom. The van der Waals surface area contributed by atoms with Crippen molar-refractivity contribution >= 4 is 16.8 Å². The van der Waals surface area contributed by atoms with Gasteiger partial charge in [-0.3, -0.25) is 9.89 Å². The molecular weight excluding hydrogens is 337 g/mol. The SMILES string of the molecule is C.O=C(N[C@H]1C[C@@H]2C[C@H]1CN2)c1n[nH]c2ccc(OC(F)(F)F)cc12. The summed E-state index contributed by atoms with van der Waals surface area (Å²) in [7, 11) is 0. The summed E-state index contributed by atoms with van der Waals surface area (Å²) in [5.74, 6) is -0.370. The molecule has 1 saturated heterocycles. The van der Waals surface area contributed by atoms with Crippen LogP contribution in [-0.4, -0.2) is 41.1 Å². The number of aromatic nitrogens is 2. The molecule has 4 rings (SSSR count). The monoisotopic (exact) mass is 356 g/mol. The van der Waals surface area contributed by atoms with Crippen LogP contribution in [0.15, 0.2) is 18.2 Å². The van der Waals surface area contributed by atoms with E-state index in [1.165, 1.54) is 18.2 Å². The number of nitrogens with zero attached hydrogens (tertiary/aromatic N) is 1. The molecule has 1 aromatic heterocycles. The highest BCUT2D eigenvalue weighted by molar-refractivity contribution is 6.05. The van der Waals surface area contributed by atoms with Gasteiger partial charge in [0.25, 0.3) is 5.91 Å². The third-order valence-electron chi connectivity index (χ3n) is 4.66. The maximum atomic E-state index is 12.5. The second kappa shape index (κ2) is 6.21. The van der Waals surface area contributed by atoms with Crippen LogP contribution < -0.4 is 15.4 Å². The number of H-pyrrole nitrogens is 1. The first kappa shape index (κ1) is 17.5. The zero-order valence-electron chi connectivity index (χ0n) is 12.5. The second-order valence-corrected chi connectivity index (χ2v) is 6.24. The Bertz CT molecular complexity index is 789. The maximum absolute atomic E-state index is 12.5. The van der Waals surface area contributed by atoms with Crippen molar-refractivity contribution in [2.75, 3.05) is 6.54 Å². The van der Waals surface area contributed by atoms with Gasteiger partial charge in [0.05, 0.1) is 5.52 Å². The summed E-state index contributed by atoms with van der Waals surface area (Å²) in [4.78, 5) is 12.5. The minimum atomic E-state index is -4.78. The van der Waals surface area contributed by atoms with E-state index < -0.39 is 6.36 Å². The number of carbonyl (C=O) groups excluding carboxylic acids is 1. The Kier molecular flexibility index (Phi) is 4.36. The van der Waals surface area contributed by atoms with Crippen molar-refractivity contribution in [3.05, 3.63) is 23.9 Å². The van der Waals surface area contributed by atoms with Crippen LogP contribution >= 0.6 is 0 Å². The van der Waals surface area contributed by atoms with Crippen LogP contribution in [0.3, 0.4) is 0 Å². The van der Waals surface area contributed by atoms with Crippen LogP contribution in [0.5, 0.6) is 5.75 Å². The average molecular weight is 356 g/mol. The normalized spacial score (nSPS) is 25.0. The van der Waals surface area contributed by atoms with Crippen LogP contribution in [-0.2, 0) is 0 Å². The Morgan fingerprint density at radius 3 is 2.76 bits per heavy atom. The van der Waals surface area contributed by atoms with Gasteiger partial charge in [0, 0.05) is 24.0 Å². The molecule has 1 aliphatic heterocycles. The molecule has 2 bridgehead atoms. The Balaban J connectivity index is 0.00000182. The first-order chi connectivity index (χ1) is 11.4. The van der Waals surface area contributed by atoms with Crippen molar-refractivity contribution in [2.45, 2.75) is 38.7 Å². The lowest BCUT2D eigenvalue weighted by atomic mass is 10.0. The lowest BCUT2D eigenvalue weighted by Crippen LogP contribution is -2.44. The molecular formula is C16H19F3N4O2. The number of rotatable bonds is 3. The van der Waals surface area contributed by atoms with Crippen LogP contribution in [0.1, 0.15) is 30.8 Å². The van der Waals surface area contributed by atoms with Gasteiger partial charge in [-0.05, 0) is 37.0 Å². The van der Waals surface area contributed by atoms with Gasteiger partial charge >= 0.3 is 6.36 Å². The zero-order valence-corrected chi connectivity index (χ0v) is 12.5. The molecule has 9 heteroatoms. The van der Waals surface area contributed by atoms with Crippen LogP contribution in [0, 0.1) is 5.92 Å². The number of aromatic amines is 1. The molecule has 0 spiro atoms. The number of alkyl halides is 3. The lowest BCUT2D eigenvalue weighted by Gasteiger charge is -2.23.